The molecule has 5 atom stereocenters. The van der Waals surface area contributed by atoms with Crippen molar-refractivity contribution in [2.24, 2.45) is 22.9 Å². The Morgan fingerprint density at radius 2 is 1.59 bits per heavy atom. The predicted octanol–water partition coefficient (Wildman–Crippen LogP) is 1.30. The largest absolute Gasteiger partial charge is 0.460 e. The van der Waals surface area contributed by atoms with Gasteiger partial charge in [0.25, 0.3) is 5.91 Å². The fourth-order valence-corrected chi connectivity index (χ4v) is 6.13. The SMILES string of the molecule is CC(C)C[C@H](NC(=O)[C@H](NC(=O)[C@@H]1CCCN1C(=O)[C@@H](CC(=O)OC(C)(C)C)NC(=O)[C@H](N)Cc1c[nH]c2ccccc12)C(C)(C)C)C(=O)NN. The molecule has 1 aromatic heterocycles. The summed E-state index contributed by atoms with van der Waals surface area (Å²) in [6.45, 7) is 14.3. The number of carbonyl (C=O) groups is 6. The smallest absolute Gasteiger partial charge is 0.308 e. The molecular formula is C36H56N8O7. The van der Waals surface area contributed by atoms with Gasteiger partial charge >= 0.3 is 5.97 Å². The zero-order valence-electron chi connectivity index (χ0n) is 31.1. The lowest BCUT2D eigenvalue weighted by atomic mass is 9.85. The lowest BCUT2D eigenvalue weighted by molar-refractivity contribution is -0.157. The molecule has 1 aliphatic heterocycles. The van der Waals surface area contributed by atoms with Crippen LogP contribution in [0.15, 0.2) is 30.5 Å². The van der Waals surface area contributed by atoms with Crippen LogP contribution >= 0.6 is 0 Å². The summed E-state index contributed by atoms with van der Waals surface area (Å²) in [6, 6.07) is 2.16. The number of amides is 5. The Hall–Kier alpha value is -4.50. The van der Waals surface area contributed by atoms with Crippen molar-refractivity contribution < 1.29 is 33.5 Å². The molecule has 282 valence electrons. The average molecular weight is 713 g/mol. The Kier molecular flexibility index (Phi) is 13.8. The molecule has 3 rings (SSSR count). The van der Waals surface area contributed by atoms with Gasteiger partial charge in [0, 0.05) is 23.6 Å². The Labute approximate surface area is 299 Å². The van der Waals surface area contributed by atoms with Gasteiger partial charge in [-0.15, -0.1) is 0 Å². The monoisotopic (exact) mass is 712 g/mol. The van der Waals surface area contributed by atoms with Crippen LogP contribution in [-0.4, -0.2) is 87.7 Å². The number of nitrogens with one attached hydrogen (secondary N) is 5. The van der Waals surface area contributed by atoms with Gasteiger partial charge in [0.1, 0.15) is 29.8 Å². The fourth-order valence-electron chi connectivity index (χ4n) is 6.13. The van der Waals surface area contributed by atoms with E-state index in [1.165, 1.54) is 4.90 Å². The number of carbonyl (C=O) groups excluding carboxylic acids is 6. The minimum atomic E-state index is -1.37. The van der Waals surface area contributed by atoms with Gasteiger partial charge in [-0.1, -0.05) is 52.8 Å². The lowest BCUT2D eigenvalue weighted by Crippen LogP contribution is -2.61. The highest BCUT2D eigenvalue weighted by atomic mass is 16.6. The van der Waals surface area contributed by atoms with E-state index in [9.17, 15) is 28.8 Å². The third-order valence-electron chi connectivity index (χ3n) is 8.59. The third kappa shape index (κ3) is 11.5. The maximum Gasteiger partial charge on any atom is 0.308 e. The van der Waals surface area contributed by atoms with E-state index in [4.69, 9.17) is 16.3 Å². The number of benzene rings is 1. The second-order valence-corrected chi connectivity index (χ2v) is 15.7. The van der Waals surface area contributed by atoms with Crippen LogP contribution in [0.2, 0.25) is 0 Å². The minimum Gasteiger partial charge on any atom is -0.460 e. The molecule has 15 nitrogen and oxygen atoms in total. The van der Waals surface area contributed by atoms with E-state index in [-0.39, 0.29) is 25.3 Å². The summed E-state index contributed by atoms with van der Waals surface area (Å²) in [7, 11) is 0. The topological polar surface area (TPSA) is 231 Å². The molecule has 0 saturated carbocycles. The standard InChI is InChI=1S/C36H56N8O7/c1-20(2)16-25(31(47)43-38)40-33(49)29(35(3,4)5)42-32(48)27-14-11-15-44(27)34(50)26(18-28(45)51-36(6,7)8)41-30(46)23(37)17-21-19-39-24-13-10-9-12-22(21)24/h9-10,12-13,19-20,23,25-27,29,39H,11,14-18,37-38H2,1-8H3,(H,40,49)(H,41,46)(H,42,48)(H,43,47)/t23-,25+,26-,27+,29+/m1/s1. The van der Waals surface area contributed by atoms with Gasteiger partial charge in [0.15, 0.2) is 0 Å². The van der Waals surface area contributed by atoms with E-state index in [0.717, 1.165) is 16.5 Å². The summed E-state index contributed by atoms with van der Waals surface area (Å²) in [5.74, 6) is 1.66. The molecule has 9 N–H and O–H groups in total. The number of ether oxygens (including phenoxy) is 1. The van der Waals surface area contributed by atoms with Crippen LogP contribution in [0.4, 0.5) is 0 Å². The van der Waals surface area contributed by atoms with Crippen molar-refractivity contribution in [1.29, 1.82) is 0 Å². The number of rotatable bonds is 14. The van der Waals surface area contributed by atoms with E-state index in [0.29, 0.717) is 12.8 Å². The second kappa shape index (κ2) is 17.1. The molecule has 1 fully saturated rings. The number of esters is 1. The van der Waals surface area contributed by atoms with Gasteiger partial charge in [0.2, 0.25) is 23.6 Å². The Morgan fingerprint density at radius 3 is 2.20 bits per heavy atom. The lowest BCUT2D eigenvalue weighted by Gasteiger charge is -2.34. The number of hydrogen-bond donors (Lipinski definition) is 7. The van der Waals surface area contributed by atoms with E-state index < -0.39 is 83.2 Å². The van der Waals surface area contributed by atoms with Crippen molar-refractivity contribution >= 4 is 46.4 Å². The van der Waals surface area contributed by atoms with Crippen LogP contribution in [-0.2, 0) is 39.9 Å². The van der Waals surface area contributed by atoms with Gasteiger partial charge in [-0.2, -0.15) is 0 Å². The first-order valence-corrected chi connectivity index (χ1v) is 17.5. The fraction of sp³-hybridized carbons (Fsp3) is 0.611. The van der Waals surface area contributed by atoms with Crippen LogP contribution < -0.4 is 33.0 Å². The molecule has 0 unspecified atom stereocenters. The number of aromatic nitrogens is 1. The number of nitrogens with two attached hydrogens (primary N) is 2. The van der Waals surface area contributed by atoms with Crippen molar-refractivity contribution in [2.45, 2.75) is 123 Å². The average Bonchev–Trinajstić information content (AvgIpc) is 3.68. The molecule has 0 radical (unpaired) electrons. The molecule has 0 spiro atoms. The van der Waals surface area contributed by atoms with Crippen LogP contribution in [0.5, 0.6) is 0 Å². The molecule has 51 heavy (non-hydrogen) atoms. The molecule has 0 aliphatic carbocycles. The number of aromatic amines is 1. The van der Waals surface area contributed by atoms with Crippen molar-refractivity contribution in [3.8, 4) is 0 Å². The first kappa shape index (κ1) is 40.9. The van der Waals surface area contributed by atoms with Crippen LogP contribution in [0.3, 0.4) is 0 Å². The second-order valence-electron chi connectivity index (χ2n) is 15.7. The summed E-state index contributed by atoms with van der Waals surface area (Å²) < 4.78 is 5.47. The molecule has 1 aliphatic rings. The highest BCUT2D eigenvalue weighted by molar-refractivity contribution is 5.97. The summed E-state index contributed by atoms with van der Waals surface area (Å²) in [5, 5.41) is 9.08. The number of H-pyrrole nitrogens is 1. The molecule has 2 heterocycles. The summed E-state index contributed by atoms with van der Waals surface area (Å²) in [6.07, 6.45) is 2.53. The zero-order chi connectivity index (χ0) is 38.3. The van der Waals surface area contributed by atoms with Gasteiger partial charge in [-0.25, -0.2) is 5.84 Å². The first-order chi connectivity index (χ1) is 23.7. The number of hydrazine groups is 1. The van der Waals surface area contributed by atoms with E-state index in [1.807, 2.05) is 38.1 Å². The van der Waals surface area contributed by atoms with Crippen LogP contribution in [0.1, 0.15) is 86.6 Å². The normalized spacial score (nSPS) is 17.3. The number of likely N-dealkylation sites (tertiary alicyclic amines) is 1. The van der Waals surface area contributed by atoms with Gasteiger partial charge in [-0.3, -0.25) is 34.2 Å². The third-order valence-corrected chi connectivity index (χ3v) is 8.59. The molecular weight excluding hydrogens is 656 g/mol. The minimum absolute atomic E-state index is 0.0607. The number of nitrogens with zero attached hydrogens (tertiary/aromatic N) is 1. The molecule has 0 bridgehead atoms. The molecule has 5 amide bonds. The maximum atomic E-state index is 14.1. The van der Waals surface area contributed by atoms with E-state index >= 15 is 0 Å². The number of para-hydroxylation sites is 1. The Balaban J connectivity index is 1.81. The summed E-state index contributed by atoms with van der Waals surface area (Å²) >= 11 is 0. The number of hydrogen-bond acceptors (Lipinski definition) is 9. The summed E-state index contributed by atoms with van der Waals surface area (Å²) in [4.78, 5) is 84.8. The molecule has 2 aromatic rings. The zero-order valence-corrected chi connectivity index (χ0v) is 31.1. The summed E-state index contributed by atoms with van der Waals surface area (Å²) in [5.41, 5.74) is 8.46. The van der Waals surface area contributed by atoms with Crippen LogP contribution in [0, 0.1) is 11.3 Å². The maximum absolute atomic E-state index is 14.1. The van der Waals surface area contributed by atoms with Crippen molar-refractivity contribution in [2.75, 3.05) is 6.54 Å². The van der Waals surface area contributed by atoms with Crippen LogP contribution in [0.25, 0.3) is 10.9 Å². The first-order valence-electron chi connectivity index (χ1n) is 17.5. The highest BCUT2D eigenvalue weighted by Crippen LogP contribution is 2.24. The van der Waals surface area contributed by atoms with E-state index in [1.54, 1.807) is 47.7 Å². The molecule has 1 aromatic carbocycles. The van der Waals surface area contributed by atoms with Crippen molar-refractivity contribution in [1.82, 2.24) is 31.3 Å². The van der Waals surface area contributed by atoms with Gasteiger partial charge in [-0.05, 0) is 69.4 Å². The van der Waals surface area contributed by atoms with E-state index in [2.05, 4.69) is 26.4 Å². The molecule has 1 saturated heterocycles. The quantitative estimate of drug-likeness (QED) is 0.0647. The van der Waals surface area contributed by atoms with Gasteiger partial charge < -0.3 is 36.3 Å². The van der Waals surface area contributed by atoms with Crippen molar-refractivity contribution in [3.63, 3.8) is 0 Å². The highest BCUT2D eigenvalue weighted by Gasteiger charge is 2.42. The van der Waals surface area contributed by atoms with Gasteiger partial charge in [0.05, 0.1) is 12.5 Å². The number of fused-ring (bicyclic) bond motifs is 1. The van der Waals surface area contributed by atoms with Crippen molar-refractivity contribution in [3.05, 3.63) is 36.0 Å². The Morgan fingerprint density at radius 1 is 0.941 bits per heavy atom. The Bertz CT molecular complexity index is 1570. The molecule has 15 heteroatoms. The predicted molar refractivity (Wildman–Crippen MR) is 192 cm³/mol.